The van der Waals surface area contributed by atoms with Crippen LogP contribution in [0.25, 0.3) is 10.9 Å². The number of rotatable bonds is 7. The van der Waals surface area contributed by atoms with Gasteiger partial charge in [0.1, 0.15) is 5.82 Å². The van der Waals surface area contributed by atoms with E-state index in [1.54, 1.807) is 7.05 Å². The zero-order valence-corrected chi connectivity index (χ0v) is 21.0. The second-order valence-electron chi connectivity index (χ2n) is 8.47. The third kappa shape index (κ3) is 6.12. The lowest BCUT2D eigenvalue weighted by molar-refractivity contribution is -0.139. The van der Waals surface area contributed by atoms with Gasteiger partial charge in [0.15, 0.2) is 5.96 Å². The molecule has 2 aromatic rings. The molecule has 0 spiro atoms. The number of fused-ring (bicyclic) bond motifs is 1. The molecule has 0 bridgehead atoms. The van der Waals surface area contributed by atoms with Crippen LogP contribution in [0.5, 0.6) is 0 Å². The van der Waals surface area contributed by atoms with Crippen molar-refractivity contribution in [3.63, 3.8) is 0 Å². The average molecular weight is 556 g/mol. The van der Waals surface area contributed by atoms with Crippen molar-refractivity contribution >= 4 is 46.7 Å². The summed E-state index contributed by atoms with van der Waals surface area (Å²) in [5, 5.41) is 7.78. The van der Waals surface area contributed by atoms with Crippen LogP contribution >= 0.6 is 24.0 Å². The minimum absolute atomic E-state index is 0. The normalized spacial score (nSPS) is 17.7. The lowest BCUT2D eigenvalue weighted by atomic mass is 9.84. The number of halogens is 2. The van der Waals surface area contributed by atoms with Crippen molar-refractivity contribution in [1.29, 1.82) is 0 Å². The molecule has 1 amide bonds. The minimum atomic E-state index is -0.227. The summed E-state index contributed by atoms with van der Waals surface area (Å²) in [5.74, 6) is 1.22. The standard InChI is InChI=1S/C23H33FN6O.HI/c1-25-23(26-8-7-18-16-28-21-15-19(24)5-6-20(18)21)27-9-10-29-11-13-30(14-12-29)22(31)17-3-2-4-17;/h5-6,15-17,28H,2-4,7-14H2,1H3,(H2,25,26,27);1H. The summed E-state index contributed by atoms with van der Waals surface area (Å²) >= 11 is 0. The van der Waals surface area contributed by atoms with E-state index in [0.29, 0.717) is 11.8 Å². The van der Waals surface area contributed by atoms with Crippen LogP contribution in [0.4, 0.5) is 4.39 Å². The first-order valence-electron chi connectivity index (χ1n) is 11.3. The third-order valence-corrected chi connectivity index (χ3v) is 6.50. The predicted molar refractivity (Wildman–Crippen MR) is 137 cm³/mol. The molecule has 9 heteroatoms. The Hall–Kier alpha value is -1.88. The summed E-state index contributed by atoms with van der Waals surface area (Å²) < 4.78 is 13.3. The number of nitrogens with zero attached hydrogens (tertiary/aromatic N) is 3. The van der Waals surface area contributed by atoms with Crippen molar-refractivity contribution in [3.05, 3.63) is 35.8 Å². The molecular weight excluding hydrogens is 522 g/mol. The van der Waals surface area contributed by atoms with Gasteiger partial charge in [-0.3, -0.25) is 14.7 Å². The Balaban J connectivity index is 0.00000289. The molecule has 176 valence electrons. The first kappa shape index (κ1) is 24.8. The molecule has 0 atom stereocenters. The van der Waals surface area contributed by atoms with E-state index in [1.807, 2.05) is 17.2 Å². The third-order valence-electron chi connectivity index (χ3n) is 6.50. The number of guanidine groups is 1. The minimum Gasteiger partial charge on any atom is -0.361 e. The second-order valence-corrected chi connectivity index (χ2v) is 8.47. The van der Waals surface area contributed by atoms with Crippen molar-refractivity contribution in [2.45, 2.75) is 25.7 Å². The Bertz CT molecular complexity index is 920. The van der Waals surface area contributed by atoms with Gasteiger partial charge in [-0.25, -0.2) is 4.39 Å². The van der Waals surface area contributed by atoms with Gasteiger partial charge in [-0.1, -0.05) is 6.42 Å². The van der Waals surface area contributed by atoms with Gasteiger partial charge in [0, 0.05) is 75.9 Å². The molecule has 1 saturated heterocycles. The summed E-state index contributed by atoms with van der Waals surface area (Å²) in [6.45, 7) is 6.04. The van der Waals surface area contributed by atoms with Crippen molar-refractivity contribution in [1.82, 2.24) is 25.4 Å². The maximum atomic E-state index is 13.3. The van der Waals surface area contributed by atoms with Crippen molar-refractivity contribution < 1.29 is 9.18 Å². The molecule has 2 aliphatic rings. The fourth-order valence-electron chi connectivity index (χ4n) is 4.34. The zero-order valence-electron chi connectivity index (χ0n) is 18.7. The van der Waals surface area contributed by atoms with Crippen LogP contribution in [-0.4, -0.2) is 79.5 Å². The Morgan fingerprint density at radius 1 is 1.19 bits per heavy atom. The van der Waals surface area contributed by atoms with Crippen LogP contribution in [0.3, 0.4) is 0 Å². The lowest BCUT2D eigenvalue weighted by Crippen LogP contribution is -2.52. The van der Waals surface area contributed by atoms with Crippen LogP contribution < -0.4 is 10.6 Å². The van der Waals surface area contributed by atoms with E-state index in [2.05, 4.69) is 25.5 Å². The number of hydrogen-bond acceptors (Lipinski definition) is 3. The van der Waals surface area contributed by atoms with Gasteiger partial charge >= 0.3 is 0 Å². The van der Waals surface area contributed by atoms with E-state index < -0.39 is 0 Å². The summed E-state index contributed by atoms with van der Waals surface area (Å²) in [6.07, 6.45) is 6.13. The number of aromatic nitrogens is 1. The van der Waals surface area contributed by atoms with E-state index in [9.17, 15) is 9.18 Å². The van der Waals surface area contributed by atoms with Gasteiger partial charge in [-0.2, -0.15) is 0 Å². The van der Waals surface area contributed by atoms with Crippen LogP contribution in [0.15, 0.2) is 29.4 Å². The molecule has 32 heavy (non-hydrogen) atoms. The van der Waals surface area contributed by atoms with Gasteiger partial charge in [0.2, 0.25) is 5.91 Å². The first-order valence-corrected chi connectivity index (χ1v) is 11.3. The number of aliphatic imine (C=N–C) groups is 1. The van der Waals surface area contributed by atoms with E-state index in [1.165, 1.54) is 18.6 Å². The monoisotopic (exact) mass is 556 g/mol. The van der Waals surface area contributed by atoms with Gasteiger partial charge in [-0.05, 0) is 43.0 Å². The van der Waals surface area contributed by atoms with Crippen LogP contribution in [0.1, 0.15) is 24.8 Å². The number of amides is 1. The summed E-state index contributed by atoms with van der Waals surface area (Å²) in [7, 11) is 1.77. The smallest absolute Gasteiger partial charge is 0.225 e. The van der Waals surface area contributed by atoms with Crippen molar-refractivity contribution in [3.8, 4) is 0 Å². The molecule has 1 aliphatic carbocycles. The molecular formula is C23H34FIN6O. The highest BCUT2D eigenvalue weighted by Crippen LogP contribution is 2.28. The largest absolute Gasteiger partial charge is 0.361 e. The van der Waals surface area contributed by atoms with E-state index >= 15 is 0 Å². The Morgan fingerprint density at radius 2 is 1.94 bits per heavy atom. The molecule has 1 saturated carbocycles. The number of hydrogen-bond donors (Lipinski definition) is 3. The van der Waals surface area contributed by atoms with Gasteiger partial charge in [-0.15, -0.1) is 24.0 Å². The molecule has 1 aromatic carbocycles. The second kappa shape index (κ2) is 11.8. The Kier molecular flexibility index (Phi) is 9.15. The topological polar surface area (TPSA) is 75.8 Å². The number of carbonyl (C=O) groups excluding carboxylic acids is 1. The van der Waals surface area contributed by atoms with Gasteiger partial charge in [0.25, 0.3) is 0 Å². The van der Waals surface area contributed by atoms with Crippen molar-refractivity contribution in [2.24, 2.45) is 10.9 Å². The highest BCUT2D eigenvalue weighted by atomic mass is 127. The predicted octanol–water partition coefficient (Wildman–Crippen LogP) is 2.58. The number of aromatic amines is 1. The Labute approximate surface area is 206 Å². The molecule has 4 rings (SSSR count). The summed E-state index contributed by atoms with van der Waals surface area (Å²) in [5.41, 5.74) is 1.99. The maximum Gasteiger partial charge on any atom is 0.225 e. The number of piperazine rings is 1. The molecule has 1 aromatic heterocycles. The quantitative estimate of drug-likeness (QED) is 0.279. The molecule has 3 N–H and O–H groups in total. The molecule has 2 fully saturated rings. The summed E-state index contributed by atoms with van der Waals surface area (Å²) in [4.78, 5) is 24.2. The Morgan fingerprint density at radius 3 is 2.62 bits per heavy atom. The van der Waals surface area contributed by atoms with Gasteiger partial charge in [0.05, 0.1) is 0 Å². The number of H-pyrrole nitrogens is 1. The van der Waals surface area contributed by atoms with E-state index in [4.69, 9.17) is 0 Å². The fourth-order valence-corrected chi connectivity index (χ4v) is 4.34. The highest BCUT2D eigenvalue weighted by molar-refractivity contribution is 14.0. The first-order chi connectivity index (χ1) is 15.1. The zero-order chi connectivity index (χ0) is 21.6. The number of benzene rings is 1. The molecule has 7 nitrogen and oxygen atoms in total. The molecule has 0 radical (unpaired) electrons. The highest BCUT2D eigenvalue weighted by Gasteiger charge is 2.30. The number of nitrogens with one attached hydrogen (secondary N) is 3. The molecule has 2 heterocycles. The van der Waals surface area contributed by atoms with Crippen LogP contribution in [0.2, 0.25) is 0 Å². The molecule has 0 unspecified atom stereocenters. The summed E-state index contributed by atoms with van der Waals surface area (Å²) in [6, 6.07) is 4.84. The van der Waals surface area contributed by atoms with Crippen LogP contribution in [0, 0.1) is 11.7 Å². The van der Waals surface area contributed by atoms with Gasteiger partial charge < -0.3 is 20.5 Å². The van der Waals surface area contributed by atoms with Crippen LogP contribution in [-0.2, 0) is 11.2 Å². The fraction of sp³-hybridized carbons (Fsp3) is 0.565. The molecule has 1 aliphatic heterocycles. The SMILES string of the molecule is CN=C(NCCc1c[nH]c2cc(F)ccc12)NCCN1CCN(C(=O)C2CCC2)CC1.I. The van der Waals surface area contributed by atoms with Crippen molar-refractivity contribution in [2.75, 3.05) is 52.9 Å². The average Bonchev–Trinajstić information content (AvgIpc) is 3.13. The maximum absolute atomic E-state index is 13.3. The van der Waals surface area contributed by atoms with E-state index in [-0.39, 0.29) is 29.8 Å². The van der Waals surface area contributed by atoms with E-state index in [0.717, 1.165) is 87.5 Å². The lowest BCUT2D eigenvalue weighted by Gasteiger charge is -2.38. The number of carbonyl (C=O) groups is 1.